The number of halogens is 2. The lowest BCUT2D eigenvalue weighted by Crippen LogP contribution is -2.48. The molecular weight excluding hydrogens is 390 g/mol. The van der Waals surface area contributed by atoms with Crippen LogP contribution in [0.5, 0.6) is 0 Å². The molecule has 1 saturated carbocycles. The summed E-state index contributed by atoms with van der Waals surface area (Å²) in [6.07, 6.45) is 1.44. The highest BCUT2D eigenvalue weighted by Crippen LogP contribution is 2.44. The number of carboxylic acid groups (broad SMARTS) is 1. The summed E-state index contributed by atoms with van der Waals surface area (Å²) in [5.74, 6) is -1.01. The molecule has 0 amide bonds. The van der Waals surface area contributed by atoms with Crippen LogP contribution in [-0.2, 0) is 16.6 Å². The van der Waals surface area contributed by atoms with Crippen LogP contribution in [0.25, 0.3) is 11.3 Å². The lowest BCUT2D eigenvalue weighted by molar-refractivity contribution is -0.136. The maximum atomic E-state index is 14.2. The first kappa shape index (κ1) is 19.9. The van der Waals surface area contributed by atoms with Crippen LogP contribution in [-0.4, -0.2) is 39.0 Å². The Bertz CT molecular complexity index is 1040. The smallest absolute Gasteiger partial charge is 0.307 e. The molecule has 0 unspecified atom stereocenters. The van der Waals surface area contributed by atoms with Gasteiger partial charge in [-0.3, -0.25) is 9.78 Å². The average molecular weight is 410 g/mol. The Morgan fingerprint density at radius 2 is 2.00 bits per heavy atom. The number of anilines is 1. The van der Waals surface area contributed by atoms with Gasteiger partial charge < -0.3 is 10.4 Å². The summed E-state index contributed by atoms with van der Waals surface area (Å²) in [4.78, 5) is 15.3. The highest BCUT2D eigenvalue weighted by Gasteiger charge is 2.47. The summed E-state index contributed by atoms with van der Waals surface area (Å²) in [5.41, 5.74) is 1.42. The number of hydrogen-bond acceptors (Lipinski definition) is 5. The number of carbonyl (C=O) groups is 1. The molecule has 1 aromatic carbocycles. The average Bonchev–Trinajstić information content (AvgIpc) is 2.72. The SMILES string of the molecule is O=C(O)Cc1ccc(F)c(-c2ccc(NCC3(c4ccccn4)CC(F)C3)nn2)c1. The molecule has 1 fully saturated rings. The minimum absolute atomic E-state index is 0.192. The Labute approximate surface area is 172 Å². The van der Waals surface area contributed by atoms with Gasteiger partial charge in [-0.1, -0.05) is 12.1 Å². The molecule has 0 saturated heterocycles. The summed E-state index contributed by atoms with van der Waals surface area (Å²) in [6.45, 7) is 0.459. The molecule has 6 nitrogen and oxygen atoms in total. The molecule has 3 aromatic rings. The molecule has 0 atom stereocenters. The van der Waals surface area contributed by atoms with Crippen molar-refractivity contribution in [2.45, 2.75) is 30.8 Å². The van der Waals surface area contributed by atoms with E-state index in [0.29, 0.717) is 36.5 Å². The van der Waals surface area contributed by atoms with Crippen LogP contribution >= 0.6 is 0 Å². The number of hydrogen-bond donors (Lipinski definition) is 2. The van der Waals surface area contributed by atoms with Crippen LogP contribution in [0.2, 0.25) is 0 Å². The Hall–Kier alpha value is -3.42. The Kier molecular flexibility index (Phi) is 5.39. The number of aromatic nitrogens is 3. The lowest BCUT2D eigenvalue weighted by Gasteiger charge is -2.43. The third kappa shape index (κ3) is 4.12. The van der Waals surface area contributed by atoms with Crippen molar-refractivity contribution in [2.75, 3.05) is 11.9 Å². The van der Waals surface area contributed by atoms with Gasteiger partial charge in [0.15, 0.2) is 0 Å². The third-order valence-electron chi connectivity index (χ3n) is 5.37. The van der Waals surface area contributed by atoms with Crippen molar-refractivity contribution >= 4 is 11.8 Å². The van der Waals surface area contributed by atoms with E-state index in [4.69, 9.17) is 5.11 Å². The summed E-state index contributed by atoms with van der Waals surface area (Å²) >= 11 is 0. The maximum Gasteiger partial charge on any atom is 0.307 e. The molecule has 1 aliphatic carbocycles. The molecule has 154 valence electrons. The molecule has 2 aromatic heterocycles. The molecular formula is C22H20F2N4O2. The number of rotatable bonds is 7. The molecule has 0 radical (unpaired) electrons. The van der Waals surface area contributed by atoms with Crippen molar-refractivity contribution in [2.24, 2.45) is 0 Å². The highest BCUT2D eigenvalue weighted by molar-refractivity contribution is 5.71. The molecule has 2 N–H and O–H groups in total. The Morgan fingerprint density at radius 3 is 2.63 bits per heavy atom. The van der Waals surface area contributed by atoms with Gasteiger partial charge in [0.2, 0.25) is 0 Å². The van der Waals surface area contributed by atoms with E-state index < -0.39 is 23.4 Å². The molecule has 0 bridgehead atoms. The Morgan fingerprint density at radius 1 is 1.17 bits per heavy atom. The van der Waals surface area contributed by atoms with Crippen molar-refractivity contribution in [1.29, 1.82) is 0 Å². The molecule has 30 heavy (non-hydrogen) atoms. The van der Waals surface area contributed by atoms with E-state index in [2.05, 4.69) is 20.5 Å². The first-order valence-corrected chi connectivity index (χ1v) is 9.59. The van der Waals surface area contributed by atoms with Crippen molar-refractivity contribution in [3.63, 3.8) is 0 Å². The second-order valence-electron chi connectivity index (χ2n) is 7.54. The zero-order valence-electron chi connectivity index (χ0n) is 16.1. The molecule has 0 spiro atoms. The van der Waals surface area contributed by atoms with E-state index in [1.165, 1.54) is 18.2 Å². The topological polar surface area (TPSA) is 88.0 Å². The van der Waals surface area contributed by atoms with Crippen LogP contribution in [0.15, 0.2) is 54.7 Å². The quantitative estimate of drug-likeness (QED) is 0.616. The molecule has 8 heteroatoms. The molecule has 0 aliphatic heterocycles. The number of alkyl halides is 1. The van der Waals surface area contributed by atoms with Gasteiger partial charge in [0, 0.05) is 29.4 Å². The third-order valence-corrected chi connectivity index (χ3v) is 5.37. The molecule has 1 aliphatic rings. The minimum atomic E-state index is -0.994. The van der Waals surface area contributed by atoms with Gasteiger partial charge in [-0.25, -0.2) is 8.78 Å². The van der Waals surface area contributed by atoms with Gasteiger partial charge in [-0.05, 0) is 54.8 Å². The maximum absolute atomic E-state index is 14.2. The van der Waals surface area contributed by atoms with E-state index in [1.54, 1.807) is 18.3 Å². The van der Waals surface area contributed by atoms with Crippen molar-refractivity contribution in [1.82, 2.24) is 15.2 Å². The predicted molar refractivity (Wildman–Crippen MR) is 107 cm³/mol. The largest absolute Gasteiger partial charge is 0.481 e. The van der Waals surface area contributed by atoms with E-state index in [1.807, 2.05) is 18.2 Å². The summed E-state index contributed by atoms with van der Waals surface area (Å²) < 4.78 is 27.9. The van der Waals surface area contributed by atoms with Gasteiger partial charge in [0.05, 0.1) is 12.1 Å². The van der Waals surface area contributed by atoms with Gasteiger partial charge in [0.25, 0.3) is 0 Å². The number of carboxylic acids is 1. The van der Waals surface area contributed by atoms with Gasteiger partial charge >= 0.3 is 5.97 Å². The molecule has 2 heterocycles. The van der Waals surface area contributed by atoms with Crippen LogP contribution in [0.3, 0.4) is 0 Å². The minimum Gasteiger partial charge on any atom is -0.481 e. The van der Waals surface area contributed by atoms with E-state index in [9.17, 15) is 13.6 Å². The summed E-state index contributed by atoms with van der Waals surface area (Å²) in [6, 6.07) is 13.0. The van der Waals surface area contributed by atoms with E-state index in [0.717, 1.165) is 5.69 Å². The van der Waals surface area contributed by atoms with E-state index in [-0.39, 0.29) is 12.0 Å². The zero-order valence-corrected chi connectivity index (χ0v) is 16.1. The zero-order chi connectivity index (χ0) is 21.1. The van der Waals surface area contributed by atoms with Crippen LogP contribution < -0.4 is 5.32 Å². The normalized spacial score (nSPS) is 20.4. The first-order chi connectivity index (χ1) is 14.4. The number of nitrogens with zero attached hydrogens (tertiary/aromatic N) is 3. The predicted octanol–water partition coefficient (Wildman–Crippen LogP) is 3.79. The van der Waals surface area contributed by atoms with E-state index >= 15 is 0 Å². The number of benzene rings is 1. The number of aliphatic carboxylic acids is 1. The summed E-state index contributed by atoms with van der Waals surface area (Å²) in [5, 5.41) is 20.3. The van der Waals surface area contributed by atoms with Crippen molar-refractivity contribution in [3.8, 4) is 11.3 Å². The van der Waals surface area contributed by atoms with Crippen LogP contribution in [0, 0.1) is 5.82 Å². The second-order valence-corrected chi connectivity index (χ2v) is 7.54. The number of pyridine rings is 1. The first-order valence-electron chi connectivity index (χ1n) is 9.59. The monoisotopic (exact) mass is 410 g/mol. The highest BCUT2D eigenvalue weighted by atomic mass is 19.1. The van der Waals surface area contributed by atoms with Gasteiger partial charge in [-0.2, -0.15) is 0 Å². The van der Waals surface area contributed by atoms with Crippen LogP contribution in [0.4, 0.5) is 14.6 Å². The molecule has 4 rings (SSSR count). The Balaban J connectivity index is 1.49. The standard InChI is InChI=1S/C22H20F2N4O2/c23-15-11-22(12-15,19-3-1-2-8-25-19)13-26-20-7-6-18(27-28-20)16-9-14(10-21(29)30)4-5-17(16)24/h1-9,15H,10-13H2,(H,26,28)(H,29,30). The fourth-order valence-electron chi connectivity index (χ4n) is 3.79. The second kappa shape index (κ2) is 8.14. The van der Waals surface area contributed by atoms with Gasteiger partial charge in [-0.15, -0.1) is 10.2 Å². The lowest BCUT2D eigenvalue weighted by atomic mass is 9.65. The van der Waals surface area contributed by atoms with Crippen molar-refractivity contribution in [3.05, 3.63) is 71.8 Å². The van der Waals surface area contributed by atoms with Gasteiger partial charge in [0.1, 0.15) is 17.8 Å². The number of nitrogens with one attached hydrogen (secondary N) is 1. The van der Waals surface area contributed by atoms with Crippen molar-refractivity contribution < 1.29 is 18.7 Å². The summed E-state index contributed by atoms with van der Waals surface area (Å²) in [7, 11) is 0. The van der Waals surface area contributed by atoms with Crippen LogP contribution in [0.1, 0.15) is 24.1 Å². The fourth-order valence-corrected chi connectivity index (χ4v) is 3.79. The fraction of sp³-hybridized carbons (Fsp3) is 0.273.